The second-order valence-corrected chi connectivity index (χ2v) is 8.82. The summed E-state index contributed by atoms with van der Waals surface area (Å²) in [5, 5.41) is 3.26. The molecule has 0 aromatic heterocycles. The van der Waals surface area contributed by atoms with Crippen LogP contribution in [0.2, 0.25) is 0 Å². The highest BCUT2D eigenvalue weighted by Crippen LogP contribution is 2.23. The minimum absolute atomic E-state index is 0. The van der Waals surface area contributed by atoms with Gasteiger partial charge in [-0.15, -0.1) is 12.4 Å². The summed E-state index contributed by atoms with van der Waals surface area (Å²) in [4.78, 5) is 14.9. The van der Waals surface area contributed by atoms with Gasteiger partial charge in [0.1, 0.15) is 0 Å². The van der Waals surface area contributed by atoms with Crippen LogP contribution in [-0.2, 0) is 10.0 Å². The van der Waals surface area contributed by atoms with E-state index in [1.54, 1.807) is 19.1 Å². The van der Waals surface area contributed by atoms with Gasteiger partial charge in [0.15, 0.2) is 0 Å². The summed E-state index contributed by atoms with van der Waals surface area (Å²) in [6.07, 6.45) is 3.89. The Balaban J connectivity index is 0.00000243. The summed E-state index contributed by atoms with van der Waals surface area (Å²) in [5.41, 5.74) is 1.10. The molecule has 3 rings (SSSR count). The number of carbonyl (C=O) groups is 1. The zero-order valence-corrected chi connectivity index (χ0v) is 17.0. The molecular weight excluding hydrogens is 374 g/mol. The first-order valence-corrected chi connectivity index (χ1v) is 10.5. The van der Waals surface area contributed by atoms with Gasteiger partial charge in [-0.2, -0.15) is 0 Å². The summed E-state index contributed by atoms with van der Waals surface area (Å²) in [7, 11) is -3.61. The van der Waals surface area contributed by atoms with Crippen LogP contribution in [-0.4, -0.2) is 50.9 Å². The standard InChI is InChI=1S/C18H27N3O3S.ClH/c1-13-7-8-15(18(22)21-10-9-19-12-14(21)2)11-17(13)25(23,24)20-16-5-3-4-6-16;/h7-8,11,14,16,19-20H,3-6,9-10,12H2,1-2H3;1H. The minimum Gasteiger partial charge on any atom is -0.333 e. The van der Waals surface area contributed by atoms with Crippen molar-refractivity contribution in [3.63, 3.8) is 0 Å². The number of nitrogens with one attached hydrogen (secondary N) is 2. The molecule has 26 heavy (non-hydrogen) atoms. The van der Waals surface area contributed by atoms with Crippen LogP contribution in [0.4, 0.5) is 0 Å². The molecule has 1 saturated carbocycles. The number of hydrogen-bond acceptors (Lipinski definition) is 4. The van der Waals surface area contributed by atoms with Crippen molar-refractivity contribution in [1.82, 2.24) is 14.9 Å². The first kappa shape index (κ1) is 21.2. The summed E-state index contributed by atoms with van der Waals surface area (Å²) < 4.78 is 28.4. The van der Waals surface area contributed by atoms with Crippen molar-refractivity contribution in [2.75, 3.05) is 19.6 Å². The van der Waals surface area contributed by atoms with Crippen LogP contribution in [0.25, 0.3) is 0 Å². The summed E-state index contributed by atoms with van der Waals surface area (Å²) in [6, 6.07) is 5.09. The van der Waals surface area contributed by atoms with Crippen LogP contribution in [0, 0.1) is 6.92 Å². The van der Waals surface area contributed by atoms with Crippen molar-refractivity contribution < 1.29 is 13.2 Å². The smallest absolute Gasteiger partial charge is 0.254 e. The molecule has 8 heteroatoms. The van der Waals surface area contributed by atoms with Crippen LogP contribution < -0.4 is 10.0 Å². The molecule has 1 saturated heterocycles. The van der Waals surface area contributed by atoms with Crippen molar-refractivity contribution in [3.05, 3.63) is 29.3 Å². The number of nitrogens with zero attached hydrogens (tertiary/aromatic N) is 1. The highest BCUT2D eigenvalue weighted by Gasteiger charge is 2.27. The predicted molar refractivity (Wildman–Crippen MR) is 104 cm³/mol. The number of carbonyl (C=O) groups excluding carboxylic acids is 1. The lowest BCUT2D eigenvalue weighted by atomic mass is 10.1. The van der Waals surface area contributed by atoms with Crippen molar-refractivity contribution in [3.8, 4) is 0 Å². The molecule has 1 unspecified atom stereocenters. The Morgan fingerprint density at radius 1 is 1.27 bits per heavy atom. The summed E-state index contributed by atoms with van der Waals surface area (Å²) >= 11 is 0. The fourth-order valence-electron chi connectivity index (χ4n) is 3.66. The van der Waals surface area contributed by atoms with Gasteiger partial charge < -0.3 is 10.2 Å². The zero-order chi connectivity index (χ0) is 18.0. The summed E-state index contributed by atoms with van der Waals surface area (Å²) in [5.74, 6) is -0.105. The van der Waals surface area contributed by atoms with E-state index < -0.39 is 10.0 Å². The van der Waals surface area contributed by atoms with Crippen LogP contribution in [0.1, 0.15) is 48.5 Å². The zero-order valence-electron chi connectivity index (χ0n) is 15.3. The van der Waals surface area contributed by atoms with E-state index in [1.807, 2.05) is 11.8 Å². The fourth-order valence-corrected chi connectivity index (χ4v) is 5.23. The third kappa shape index (κ3) is 4.57. The van der Waals surface area contributed by atoms with E-state index in [2.05, 4.69) is 10.0 Å². The van der Waals surface area contributed by atoms with Crippen LogP contribution >= 0.6 is 12.4 Å². The Labute approximate surface area is 162 Å². The number of benzene rings is 1. The molecule has 1 heterocycles. The van der Waals surface area contributed by atoms with Crippen LogP contribution in [0.15, 0.2) is 23.1 Å². The highest BCUT2D eigenvalue weighted by molar-refractivity contribution is 7.89. The van der Waals surface area contributed by atoms with Gasteiger partial charge in [-0.25, -0.2) is 13.1 Å². The van der Waals surface area contributed by atoms with E-state index in [-0.39, 0.29) is 35.3 Å². The first-order chi connectivity index (χ1) is 11.9. The molecule has 146 valence electrons. The molecule has 1 aliphatic carbocycles. The molecule has 1 aromatic rings. The molecule has 1 aliphatic heterocycles. The molecule has 0 bridgehead atoms. The van der Waals surface area contributed by atoms with E-state index in [1.165, 1.54) is 6.07 Å². The van der Waals surface area contributed by atoms with Gasteiger partial charge in [0.25, 0.3) is 5.91 Å². The Morgan fingerprint density at radius 2 is 1.96 bits per heavy atom. The Kier molecular flexibility index (Phi) is 7.07. The van der Waals surface area contributed by atoms with E-state index in [9.17, 15) is 13.2 Å². The molecular formula is C18H28ClN3O3S. The number of hydrogen-bond donors (Lipinski definition) is 2. The van der Waals surface area contributed by atoms with E-state index >= 15 is 0 Å². The lowest BCUT2D eigenvalue weighted by Crippen LogP contribution is -2.52. The SMILES string of the molecule is Cc1ccc(C(=O)N2CCNCC2C)cc1S(=O)(=O)NC1CCCC1.Cl. The van der Waals surface area contributed by atoms with Crippen molar-refractivity contribution in [1.29, 1.82) is 0 Å². The molecule has 6 nitrogen and oxygen atoms in total. The summed E-state index contributed by atoms with van der Waals surface area (Å²) in [6.45, 7) is 5.92. The van der Waals surface area contributed by atoms with E-state index in [4.69, 9.17) is 0 Å². The normalized spacial score (nSPS) is 21.5. The second-order valence-electron chi connectivity index (χ2n) is 7.13. The number of piperazine rings is 1. The molecule has 2 N–H and O–H groups in total. The quantitative estimate of drug-likeness (QED) is 0.809. The maximum atomic E-state index is 12.8. The molecule has 0 radical (unpaired) electrons. The van der Waals surface area contributed by atoms with Crippen molar-refractivity contribution >= 4 is 28.3 Å². The number of sulfonamides is 1. The van der Waals surface area contributed by atoms with Gasteiger partial charge in [0.05, 0.1) is 4.90 Å². The second kappa shape index (κ2) is 8.69. The number of halogens is 1. The number of rotatable bonds is 4. The fraction of sp³-hybridized carbons (Fsp3) is 0.611. The molecule has 0 spiro atoms. The van der Waals surface area contributed by atoms with Gasteiger partial charge in [-0.05, 0) is 44.4 Å². The van der Waals surface area contributed by atoms with Gasteiger partial charge in [-0.3, -0.25) is 4.79 Å². The maximum Gasteiger partial charge on any atom is 0.254 e. The Hall–Kier alpha value is -1.15. The van der Waals surface area contributed by atoms with Crippen molar-refractivity contribution in [2.45, 2.75) is 56.5 Å². The molecule has 1 atom stereocenters. The molecule has 2 fully saturated rings. The third-order valence-corrected chi connectivity index (χ3v) is 6.83. The Bertz CT molecular complexity index is 748. The predicted octanol–water partition coefficient (Wildman–Crippen LogP) is 2.07. The number of aryl methyl sites for hydroxylation is 1. The minimum atomic E-state index is -3.61. The lowest BCUT2D eigenvalue weighted by molar-refractivity contribution is 0.0655. The average molecular weight is 402 g/mol. The highest BCUT2D eigenvalue weighted by atomic mass is 35.5. The monoisotopic (exact) mass is 401 g/mol. The van der Waals surface area contributed by atoms with E-state index in [0.717, 1.165) is 38.8 Å². The number of amides is 1. The third-order valence-electron chi connectivity index (χ3n) is 5.16. The topological polar surface area (TPSA) is 78.5 Å². The van der Waals surface area contributed by atoms with Gasteiger partial charge in [0, 0.05) is 37.3 Å². The van der Waals surface area contributed by atoms with E-state index in [0.29, 0.717) is 17.7 Å². The molecule has 1 amide bonds. The Morgan fingerprint density at radius 3 is 2.62 bits per heavy atom. The molecule has 2 aliphatic rings. The van der Waals surface area contributed by atoms with Gasteiger partial charge in [-0.1, -0.05) is 18.9 Å². The van der Waals surface area contributed by atoms with Gasteiger partial charge in [0.2, 0.25) is 10.0 Å². The van der Waals surface area contributed by atoms with Crippen molar-refractivity contribution in [2.24, 2.45) is 0 Å². The average Bonchev–Trinajstić information content (AvgIpc) is 3.07. The lowest BCUT2D eigenvalue weighted by Gasteiger charge is -2.34. The van der Waals surface area contributed by atoms with Crippen LogP contribution in [0.5, 0.6) is 0 Å². The first-order valence-electron chi connectivity index (χ1n) is 9.03. The largest absolute Gasteiger partial charge is 0.333 e. The molecule has 1 aromatic carbocycles. The maximum absolute atomic E-state index is 12.8. The van der Waals surface area contributed by atoms with Crippen LogP contribution in [0.3, 0.4) is 0 Å². The van der Waals surface area contributed by atoms with Gasteiger partial charge >= 0.3 is 0 Å².